The summed E-state index contributed by atoms with van der Waals surface area (Å²) >= 11 is 5.74. The van der Waals surface area contributed by atoms with Crippen LogP contribution in [-0.2, 0) is 19.9 Å². The Balaban J connectivity index is 2.78. The molecule has 6 nitrogen and oxygen atoms in total. The number of hydrogen-bond donors (Lipinski definition) is 1. The number of sulfonamides is 1. The summed E-state index contributed by atoms with van der Waals surface area (Å²) in [6.45, 7) is 0. The number of hydrogen-bond acceptors (Lipinski definition) is 5. The van der Waals surface area contributed by atoms with E-state index in [1.54, 1.807) is 0 Å². The van der Waals surface area contributed by atoms with Gasteiger partial charge in [0.15, 0.2) is 0 Å². The summed E-state index contributed by atoms with van der Waals surface area (Å²) in [7, 11) is -7.07. The highest BCUT2D eigenvalue weighted by Crippen LogP contribution is 2.20. The zero-order chi connectivity index (χ0) is 13.1. The summed E-state index contributed by atoms with van der Waals surface area (Å²) in [5, 5.41) is 0.197. The van der Waals surface area contributed by atoms with E-state index in [1.165, 1.54) is 18.5 Å². The van der Waals surface area contributed by atoms with Crippen molar-refractivity contribution in [2.45, 2.75) is 0 Å². The Morgan fingerprint density at radius 3 is 2.47 bits per heavy atom. The van der Waals surface area contributed by atoms with Crippen LogP contribution in [0.4, 0.5) is 5.69 Å². The van der Waals surface area contributed by atoms with Gasteiger partial charge in [-0.2, -0.15) is 0 Å². The van der Waals surface area contributed by atoms with Gasteiger partial charge in [-0.05, 0) is 6.07 Å². The molecule has 0 aliphatic carbocycles. The molecule has 1 aromatic heterocycles. The van der Waals surface area contributed by atoms with Gasteiger partial charge in [-0.25, -0.2) is 16.8 Å². The highest BCUT2D eigenvalue weighted by atomic mass is 35.5. The van der Waals surface area contributed by atoms with Crippen LogP contribution in [0.1, 0.15) is 0 Å². The first-order chi connectivity index (χ1) is 7.70. The van der Waals surface area contributed by atoms with Crippen molar-refractivity contribution < 1.29 is 16.8 Å². The molecule has 9 heteroatoms. The molecule has 0 aliphatic heterocycles. The molecule has 0 spiro atoms. The molecule has 1 heterocycles. The van der Waals surface area contributed by atoms with Crippen molar-refractivity contribution in [1.82, 2.24) is 4.98 Å². The molecule has 17 heavy (non-hydrogen) atoms. The Kier molecular flexibility index (Phi) is 4.34. The lowest BCUT2D eigenvalue weighted by molar-refractivity contribution is 0.593. The van der Waals surface area contributed by atoms with E-state index in [9.17, 15) is 16.8 Å². The van der Waals surface area contributed by atoms with Crippen molar-refractivity contribution in [1.29, 1.82) is 0 Å². The molecule has 0 saturated heterocycles. The van der Waals surface area contributed by atoms with Crippen molar-refractivity contribution in [2.75, 3.05) is 22.5 Å². The average Bonchev–Trinajstić information content (AvgIpc) is 2.18. The number of sulfone groups is 1. The quantitative estimate of drug-likeness (QED) is 0.855. The number of rotatable bonds is 5. The monoisotopic (exact) mass is 298 g/mol. The van der Waals surface area contributed by atoms with Crippen molar-refractivity contribution >= 4 is 37.1 Å². The second-order valence-electron chi connectivity index (χ2n) is 3.41. The highest BCUT2D eigenvalue weighted by molar-refractivity contribution is 7.95. The van der Waals surface area contributed by atoms with Gasteiger partial charge in [-0.15, -0.1) is 0 Å². The number of anilines is 1. The van der Waals surface area contributed by atoms with Gasteiger partial charge in [-0.3, -0.25) is 9.71 Å². The first kappa shape index (κ1) is 14.2. The SMILES string of the molecule is CS(=O)(=O)CCS(=O)(=O)Nc1cnccc1Cl. The molecule has 1 rings (SSSR count). The fourth-order valence-corrected chi connectivity index (χ4v) is 3.83. The molecule has 0 amide bonds. The number of nitrogens with one attached hydrogen (secondary N) is 1. The molecule has 0 aromatic carbocycles. The minimum absolute atomic E-state index is 0.127. The predicted octanol–water partition coefficient (Wildman–Crippen LogP) is 0.521. The molecule has 0 saturated carbocycles. The van der Waals surface area contributed by atoms with Crippen molar-refractivity contribution in [3.8, 4) is 0 Å². The second-order valence-corrected chi connectivity index (χ2v) is 7.92. The Morgan fingerprint density at radius 2 is 1.94 bits per heavy atom. The van der Waals surface area contributed by atoms with Crippen LogP contribution in [-0.4, -0.2) is 39.6 Å². The minimum atomic E-state index is -3.74. The number of halogens is 1. The van der Waals surface area contributed by atoms with Crippen molar-refractivity contribution in [2.24, 2.45) is 0 Å². The van der Waals surface area contributed by atoms with E-state index < -0.39 is 31.4 Å². The van der Waals surface area contributed by atoms with Crippen molar-refractivity contribution in [3.63, 3.8) is 0 Å². The van der Waals surface area contributed by atoms with Gasteiger partial charge in [0.05, 0.1) is 28.4 Å². The molecule has 0 aliphatic rings. The third kappa shape index (κ3) is 5.33. The number of nitrogens with zero attached hydrogens (tertiary/aromatic N) is 1. The molecule has 1 aromatic rings. The van der Waals surface area contributed by atoms with Crippen molar-refractivity contribution in [3.05, 3.63) is 23.5 Å². The third-order valence-electron chi connectivity index (χ3n) is 1.76. The van der Waals surface area contributed by atoms with E-state index >= 15 is 0 Å². The van der Waals surface area contributed by atoms with E-state index in [0.29, 0.717) is 0 Å². The summed E-state index contributed by atoms with van der Waals surface area (Å²) < 4.78 is 47.0. The average molecular weight is 299 g/mol. The molecular weight excluding hydrogens is 288 g/mol. The largest absolute Gasteiger partial charge is 0.280 e. The first-order valence-corrected chi connectivity index (χ1v) is 8.56. The Bertz CT molecular complexity index is 598. The molecule has 0 atom stereocenters. The van der Waals surface area contributed by atoms with Gasteiger partial charge < -0.3 is 0 Å². The van der Waals surface area contributed by atoms with Crippen LogP contribution in [0.15, 0.2) is 18.5 Å². The van der Waals surface area contributed by atoms with E-state index in [4.69, 9.17) is 11.6 Å². The molecule has 1 N–H and O–H groups in total. The van der Waals surface area contributed by atoms with Gasteiger partial charge in [-0.1, -0.05) is 11.6 Å². The second kappa shape index (κ2) is 5.19. The van der Waals surface area contributed by atoms with Gasteiger partial charge in [0, 0.05) is 12.5 Å². The van der Waals surface area contributed by atoms with E-state index in [1.807, 2.05) is 0 Å². The molecule has 0 radical (unpaired) electrons. The minimum Gasteiger partial charge on any atom is -0.280 e. The van der Waals surface area contributed by atoms with Crippen LogP contribution < -0.4 is 4.72 Å². The highest BCUT2D eigenvalue weighted by Gasteiger charge is 2.15. The fraction of sp³-hybridized carbons (Fsp3) is 0.375. The summed E-state index contributed by atoms with van der Waals surface area (Å²) in [6, 6.07) is 1.43. The first-order valence-electron chi connectivity index (χ1n) is 4.47. The third-order valence-corrected chi connectivity index (χ3v) is 4.56. The van der Waals surface area contributed by atoms with Crippen LogP contribution in [0.2, 0.25) is 5.02 Å². The normalized spacial score (nSPS) is 12.4. The van der Waals surface area contributed by atoms with E-state index in [0.717, 1.165) is 6.26 Å². The molecule has 0 unspecified atom stereocenters. The van der Waals surface area contributed by atoms with Crippen LogP contribution >= 0.6 is 11.6 Å². The number of pyridine rings is 1. The topological polar surface area (TPSA) is 93.2 Å². The maximum atomic E-state index is 11.5. The van der Waals surface area contributed by atoms with Gasteiger partial charge in [0.2, 0.25) is 10.0 Å². The maximum absolute atomic E-state index is 11.5. The summed E-state index contributed by atoms with van der Waals surface area (Å²) in [5.41, 5.74) is 0.127. The lowest BCUT2D eigenvalue weighted by Crippen LogP contribution is -2.22. The van der Waals surface area contributed by atoms with Crippen LogP contribution in [0.3, 0.4) is 0 Å². The lowest BCUT2D eigenvalue weighted by Gasteiger charge is -2.08. The zero-order valence-electron chi connectivity index (χ0n) is 8.92. The Hall–Kier alpha value is -0.860. The predicted molar refractivity (Wildman–Crippen MR) is 66.4 cm³/mol. The summed E-state index contributed by atoms with van der Waals surface area (Å²) in [5.74, 6) is -0.961. The zero-order valence-corrected chi connectivity index (χ0v) is 11.3. The Labute approximate surface area is 105 Å². The van der Waals surface area contributed by atoms with E-state index in [-0.39, 0.29) is 10.7 Å². The van der Waals surface area contributed by atoms with E-state index in [2.05, 4.69) is 9.71 Å². The van der Waals surface area contributed by atoms with Crippen LogP contribution in [0.25, 0.3) is 0 Å². The maximum Gasteiger partial charge on any atom is 0.233 e. The summed E-state index contributed by atoms with van der Waals surface area (Å²) in [4.78, 5) is 3.71. The van der Waals surface area contributed by atoms with Gasteiger partial charge in [0.1, 0.15) is 9.84 Å². The smallest absolute Gasteiger partial charge is 0.233 e. The standard InChI is InChI=1S/C8H11ClN2O4S2/c1-16(12,13)4-5-17(14,15)11-8-6-10-3-2-7(8)9/h2-3,6,11H,4-5H2,1H3. The molecular formula is C8H11ClN2O4S2. The van der Waals surface area contributed by atoms with Gasteiger partial charge >= 0.3 is 0 Å². The summed E-state index contributed by atoms with van der Waals surface area (Å²) in [6.07, 6.45) is 3.64. The molecule has 0 bridgehead atoms. The number of aromatic nitrogens is 1. The molecule has 96 valence electrons. The molecule has 0 fully saturated rings. The lowest BCUT2D eigenvalue weighted by atomic mass is 10.4. The Morgan fingerprint density at radius 1 is 1.29 bits per heavy atom. The van der Waals surface area contributed by atoms with Gasteiger partial charge in [0.25, 0.3) is 0 Å². The van der Waals surface area contributed by atoms with Crippen LogP contribution in [0.5, 0.6) is 0 Å². The fourth-order valence-electron chi connectivity index (χ4n) is 0.932. The van der Waals surface area contributed by atoms with Crippen LogP contribution in [0, 0.1) is 0 Å².